The van der Waals surface area contributed by atoms with Crippen molar-refractivity contribution in [2.75, 3.05) is 0 Å². The Morgan fingerprint density at radius 1 is 1.19 bits per heavy atom. The molecule has 0 bridgehead atoms. The van der Waals surface area contributed by atoms with Gasteiger partial charge in [-0.15, -0.1) is 0 Å². The number of nitrogens with one attached hydrogen (secondary N) is 2. The number of hydrogen-bond donors (Lipinski definition) is 3. The van der Waals surface area contributed by atoms with Gasteiger partial charge in [-0.25, -0.2) is 13.6 Å². The molecule has 0 atom stereocenters. The smallest absolute Gasteiger partial charge is 0.255 e. The number of sulfonamides is 1. The summed E-state index contributed by atoms with van der Waals surface area (Å²) in [7, 11) is -3.73. The van der Waals surface area contributed by atoms with Gasteiger partial charge in [-0.1, -0.05) is 35.9 Å². The van der Waals surface area contributed by atoms with E-state index in [1.165, 1.54) is 18.3 Å². The Hall–Kier alpha value is -2.97. The van der Waals surface area contributed by atoms with E-state index >= 15 is 0 Å². The number of carbonyl (C=O) groups excluding carboxylic acids is 1. The van der Waals surface area contributed by atoms with E-state index in [0.29, 0.717) is 11.3 Å². The number of H-pyrrole nitrogens is 1. The van der Waals surface area contributed by atoms with E-state index in [4.69, 9.17) is 5.14 Å². The van der Waals surface area contributed by atoms with E-state index in [9.17, 15) is 13.2 Å². The molecule has 1 heterocycles. The molecule has 0 saturated heterocycles. The van der Waals surface area contributed by atoms with Crippen LogP contribution in [0.3, 0.4) is 0 Å². The fourth-order valence-electron chi connectivity index (χ4n) is 2.55. The molecule has 4 N–H and O–H groups in total. The highest BCUT2D eigenvalue weighted by molar-refractivity contribution is 7.89. The van der Waals surface area contributed by atoms with E-state index in [-0.39, 0.29) is 17.3 Å². The van der Waals surface area contributed by atoms with Crippen LogP contribution in [0, 0.1) is 6.92 Å². The summed E-state index contributed by atoms with van der Waals surface area (Å²) in [5.41, 5.74) is 3.81. The molecule has 1 amide bonds. The van der Waals surface area contributed by atoms with Crippen LogP contribution in [0.25, 0.3) is 11.3 Å². The van der Waals surface area contributed by atoms with E-state index in [1.54, 1.807) is 12.1 Å². The third kappa shape index (κ3) is 3.98. The molecule has 0 aliphatic heterocycles. The lowest BCUT2D eigenvalue weighted by Crippen LogP contribution is -2.23. The van der Waals surface area contributed by atoms with Crippen LogP contribution in [0.15, 0.2) is 59.6 Å². The van der Waals surface area contributed by atoms with Crippen LogP contribution in [0.2, 0.25) is 0 Å². The predicted octanol–water partition coefficient (Wildman–Crippen LogP) is 1.96. The fraction of sp³-hybridized carbons (Fsp3) is 0.111. The number of aromatic amines is 1. The van der Waals surface area contributed by atoms with Crippen molar-refractivity contribution >= 4 is 15.9 Å². The number of benzene rings is 2. The van der Waals surface area contributed by atoms with Crippen molar-refractivity contribution in [2.24, 2.45) is 5.14 Å². The minimum atomic E-state index is -3.73. The SMILES string of the molecule is Cc1cccc(-c2[nH]ncc2C(=O)NCc2ccc(S(N)(=O)=O)cc2)c1. The van der Waals surface area contributed by atoms with E-state index in [1.807, 2.05) is 31.2 Å². The summed E-state index contributed by atoms with van der Waals surface area (Å²) in [6.45, 7) is 2.23. The van der Waals surface area contributed by atoms with Crippen LogP contribution in [0.4, 0.5) is 0 Å². The first kappa shape index (κ1) is 17.8. The number of amides is 1. The number of nitrogens with two attached hydrogens (primary N) is 1. The molecule has 8 heteroatoms. The Labute approximate surface area is 151 Å². The first-order chi connectivity index (χ1) is 12.3. The molecule has 2 aromatic carbocycles. The summed E-state index contributed by atoms with van der Waals surface area (Å²) >= 11 is 0. The number of aryl methyl sites for hydroxylation is 1. The second kappa shape index (κ2) is 7.11. The van der Waals surface area contributed by atoms with E-state index in [2.05, 4.69) is 15.5 Å². The van der Waals surface area contributed by atoms with Crippen LogP contribution in [-0.2, 0) is 16.6 Å². The van der Waals surface area contributed by atoms with Gasteiger partial charge in [0, 0.05) is 12.1 Å². The Morgan fingerprint density at radius 3 is 2.58 bits per heavy atom. The maximum absolute atomic E-state index is 12.5. The van der Waals surface area contributed by atoms with Crippen molar-refractivity contribution in [1.29, 1.82) is 0 Å². The molecule has 0 spiro atoms. The van der Waals surface area contributed by atoms with Crippen LogP contribution >= 0.6 is 0 Å². The van der Waals surface area contributed by atoms with Gasteiger partial charge in [-0.2, -0.15) is 5.10 Å². The second-order valence-corrected chi connectivity index (χ2v) is 7.46. The zero-order valence-corrected chi connectivity index (χ0v) is 14.9. The molecule has 0 radical (unpaired) electrons. The lowest BCUT2D eigenvalue weighted by atomic mass is 10.1. The molecule has 0 unspecified atom stereocenters. The van der Waals surface area contributed by atoms with Gasteiger partial charge in [0.15, 0.2) is 0 Å². The van der Waals surface area contributed by atoms with Crippen molar-refractivity contribution in [3.05, 3.63) is 71.4 Å². The van der Waals surface area contributed by atoms with Gasteiger partial charge < -0.3 is 5.32 Å². The number of hydrogen-bond acceptors (Lipinski definition) is 4. The number of carbonyl (C=O) groups is 1. The van der Waals surface area contributed by atoms with Crippen molar-refractivity contribution in [3.63, 3.8) is 0 Å². The summed E-state index contributed by atoms with van der Waals surface area (Å²) in [5, 5.41) is 14.7. The highest BCUT2D eigenvalue weighted by atomic mass is 32.2. The highest BCUT2D eigenvalue weighted by Gasteiger charge is 2.15. The van der Waals surface area contributed by atoms with Crippen molar-refractivity contribution < 1.29 is 13.2 Å². The summed E-state index contributed by atoms with van der Waals surface area (Å²) in [5.74, 6) is -0.272. The number of rotatable bonds is 5. The summed E-state index contributed by atoms with van der Waals surface area (Å²) < 4.78 is 22.5. The minimum Gasteiger partial charge on any atom is -0.348 e. The Morgan fingerprint density at radius 2 is 1.92 bits per heavy atom. The standard InChI is InChI=1S/C18H18N4O3S/c1-12-3-2-4-14(9-12)17-16(11-21-22-17)18(23)20-10-13-5-7-15(8-6-13)26(19,24)25/h2-9,11H,10H2,1H3,(H,20,23)(H,21,22)(H2,19,24,25). The fourth-order valence-corrected chi connectivity index (χ4v) is 3.07. The lowest BCUT2D eigenvalue weighted by molar-refractivity contribution is 0.0951. The maximum Gasteiger partial charge on any atom is 0.255 e. The molecule has 0 fully saturated rings. The summed E-state index contributed by atoms with van der Waals surface area (Å²) in [4.78, 5) is 12.5. The predicted molar refractivity (Wildman–Crippen MR) is 97.7 cm³/mol. The van der Waals surface area contributed by atoms with Gasteiger partial charge in [0.1, 0.15) is 0 Å². The molecule has 0 aliphatic carbocycles. The van der Waals surface area contributed by atoms with Crippen molar-refractivity contribution in [3.8, 4) is 11.3 Å². The molecule has 0 aliphatic rings. The van der Waals surface area contributed by atoms with Crippen LogP contribution in [0.5, 0.6) is 0 Å². The van der Waals surface area contributed by atoms with Gasteiger partial charge >= 0.3 is 0 Å². The third-order valence-electron chi connectivity index (χ3n) is 3.90. The highest BCUT2D eigenvalue weighted by Crippen LogP contribution is 2.22. The maximum atomic E-state index is 12.5. The van der Waals surface area contributed by atoms with Crippen LogP contribution in [0.1, 0.15) is 21.5 Å². The van der Waals surface area contributed by atoms with Gasteiger partial charge in [-0.05, 0) is 30.7 Å². The molecule has 0 saturated carbocycles. The summed E-state index contributed by atoms with van der Waals surface area (Å²) in [6.07, 6.45) is 1.48. The minimum absolute atomic E-state index is 0.0316. The van der Waals surface area contributed by atoms with E-state index in [0.717, 1.165) is 16.7 Å². The second-order valence-electron chi connectivity index (χ2n) is 5.90. The van der Waals surface area contributed by atoms with Crippen LogP contribution < -0.4 is 10.5 Å². The third-order valence-corrected chi connectivity index (χ3v) is 4.82. The molecule has 3 aromatic rings. The Bertz CT molecular complexity index is 1040. The van der Waals surface area contributed by atoms with Gasteiger partial charge in [0.05, 0.1) is 22.3 Å². The quantitative estimate of drug-likeness (QED) is 0.636. The molecule has 26 heavy (non-hydrogen) atoms. The first-order valence-corrected chi connectivity index (χ1v) is 9.39. The Kier molecular flexibility index (Phi) is 4.88. The van der Waals surface area contributed by atoms with Gasteiger partial charge in [0.25, 0.3) is 5.91 Å². The zero-order chi connectivity index (χ0) is 18.7. The Balaban J connectivity index is 1.73. The molecule has 134 valence electrons. The number of primary sulfonamides is 1. The average molecular weight is 370 g/mol. The molecular formula is C18H18N4O3S. The van der Waals surface area contributed by atoms with Crippen LogP contribution in [-0.4, -0.2) is 24.5 Å². The number of nitrogens with zero attached hydrogens (tertiary/aromatic N) is 1. The van der Waals surface area contributed by atoms with Crippen molar-refractivity contribution in [1.82, 2.24) is 15.5 Å². The topological polar surface area (TPSA) is 118 Å². The molecule has 1 aromatic heterocycles. The first-order valence-electron chi connectivity index (χ1n) is 7.85. The average Bonchev–Trinajstić information content (AvgIpc) is 3.09. The number of aromatic nitrogens is 2. The van der Waals surface area contributed by atoms with Gasteiger partial charge in [-0.3, -0.25) is 9.89 Å². The van der Waals surface area contributed by atoms with Crippen molar-refractivity contribution in [2.45, 2.75) is 18.4 Å². The lowest BCUT2D eigenvalue weighted by Gasteiger charge is -2.07. The largest absolute Gasteiger partial charge is 0.348 e. The molecular weight excluding hydrogens is 352 g/mol. The zero-order valence-electron chi connectivity index (χ0n) is 14.1. The normalized spacial score (nSPS) is 11.3. The van der Waals surface area contributed by atoms with E-state index < -0.39 is 10.0 Å². The van der Waals surface area contributed by atoms with Gasteiger partial charge in [0.2, 0.25) is 10.0 Å². The summed E-state index contributed by atoms with van der Waals surface area (Å²) in [6, 6.07) is 13.8. The molecule has 7 nitrogen and oxygen atoms in total. The monoisotopic (exact) mass is 370 g/mol. The molecule has 3 rings (SSSR count).